The van der Waals surface area contributed by atoms with Gasteiger partial charge in [-0.25, -0.2) is 9.78 Å². The van der Waals surface area contributed by atoms with E-state index in [1.807, 2.05) is 16.0 Å². The van der Waals surface area contributed by atoms with Crippen LogP contribution in [0.25, 0.3) is 0 Å². The molecule has 3 aliphatic heterocycles. The number of amides is 3. The number of carbonyl (C=O) groups is 2. The lowest BCUT2D eigenvalue weighted by Crippen LogP contribution is -2.48. The summed E-state index contributed by atoms with van der Waals surface area (Å²) in [5, 5.41) is 0. The minimum atomic E-state index is 0.0530. The van der Waals surface area contributed by atoms with Gasteiger partial charge >= 0.3 is 6.03 Å². The van der Waals surface area contributed by atoms with Crippen molar-refractivity contribution in [1.82, 2.24) is 24.3 Å². The van der Waals surface area contributed by atoms with Gasteiger partial charge in [0, 0.05) is 71.6 Å². The molecule has 2 bridgehead atoms. The Kier molecular flexibility index (Phi) is 5.30. The largest absolute Gasteiger partial charge is 0.338 e. The minimum Gasteiger partial charge on any atom is -0.338 e. The van der Waals surface area contributed by atoms with Gasteiger partial charge in [0.2, 0.25) is 5.91 Å². The van der Waals surface area contributed by atoms with Crippen LogP contribution in [0.5, 0.6) is 0 Å². The van der Waals surface area contributed by atoms with E-state index in [9.17, 15) is 9.59 Å². The summed E-state index contributed by atoms with van der Waals surface area (Å²) in [4.78, 5) is 35.0. The molecule has 7 nitrogen and oxygen atoms in total. The topological polar surface area (TPSA) is 61.7 Å². The zero-order chi connectivity index (χ0) is 18.0. The number of carbonyl (C=O) groups excluding carboxylic acids is 2. The highest BCUT2D eigenvalue weighted by molar-refractivity contribution is 5.77. The standard InChI is InChI=1S/C18H29N5O2/c1-4-16-19-8-10-21(16)9-7-17(24)23-12-14-5-6-15(23)13-22(11-14)18(25)20(2)3/h8,10,14-15H,4-7,9,11-13H2,1-3H3/t14-,15+/m1/s1. The van der Waals surface area contributed by atoms with E-state index in [1.54, 1.807) is 25.2 Å². The molecule has 3 amide bonds. The molecule has 25 heavy (non-hydrogen) atoms. The molecule has 0 radical (unpaired) electrons. The number of aryl methyl sites for hydroxylation is 2. The lowest BCUT2D eigenvalue weighted by atomic mass is 9.94. The number of piperidine rings is 1. The molecule has 0 saturated carbocycles. The van der Waals surface area contributed by atoms with Gasteiger partial charge in [-0.3, -0.25) is 4.79 Å². The smallest absolute Gasteiger partial charge is 0.319 e. The van der Waals surface area contributed by atoms with Gasteiger partial charge in [-0.05, 0) is 18.8 Å². The van der Waals surface area contributed by atoms with Gasteiger partial charge in [0.15, 0.2) is 0 Å². The number of rotatable bonds is 4. The van der Waals surface area contributed by atoms with Crippen molar-refractivity contribution >= 4 is 11.9 Å². The molecule has 0 spiro atoms. The van der Waals surface area contributed by atoms with Crippen molar-refractivity contribution in [2.24, 2.45) is 5.92 Å². The molecule has 2 atom stereocenters. The van der Waals surface area contributed by atoms with Gasteiger partial charge in [0.1, 0.15) is 5.82 Å². The van der Waals surface area contributed by atoms with Gasteiger partial charge in [-0.1, -0.05) is 6.92 Å². The second-order valence-corrected chi connectivity index (χ2v) is 7.37. The van der Waals surface area contributed by atoms with Gasteiger partial charge in [0.05, 0.1) is 0 Å². The molecule has 1 aromatic rings. The molecule has 0 aromatic carbocycles. The monoisotopic (exact) mass is 347 g/mol. The number of aromatic nitrogens is 2. The molecule has 7 heteroatoms. The SMILES string of the molecule is CCc1nccn1CCC(=O)N1C[C@@H]2CC[C@H]1CN(C(=O)N(C)C)C2. The fraction of sp³-hybridized carbons (Fsp3) is 0.722. The van der Waals surface area contributed by atoms with Crippen LogP contribution in [-0.4, -0.2) is 76.0 Å². The molecule has 1 aromatic heterocycles. The summed E-state index contributed by atoms with van der Waals surface area (Å²) in [7, 11) is 3.57. The highest BCUT2D eigenvalue weighted by Gasteiger charge is 2.38. The van der Waals surface area contributed by atoms with Crippen LogP contribution in [0.15, 0.2) is 12.4 Å². The zero-order valence-electron chi connectivity index (χ0n) is 15.5. The van der Waals surface area contributed by atoms with Crippen LogP contribution in [0.3, 0.4) is 0 Å². The van der Waals surface area contributed by atoms with Crippen LogP contribution >= 0.6 is 0 Å². The molecule has 0 N–H and O–H groups in total. The second-order valence-electron chi connectivity index (χ2n) is 7.37. The summed E-state index contributed by atoms with van der Waals surface area (Å²) in [6, 6.07) is 0.209. The first-order chi connectivity index (χ1) is 12.0. The number of nitrogens with zero attached hydrogens (tertiary/aromatic N) is 5. The average Bonchev–Trinajstić information content (AvgIpc) is 2.86. The second kappa shape index (κ2) is 7.45. The van der Waals surface area contributed by atoms with Crippen LogP contribution in [0.1, 0.15) is 32.0 Å². The fourth-order valence-electron chi connectivity index (χ4n) is 4.04. The van der Waals surface area contributed by atoms with Gasteiger partial charge < -0.3 is 19.3 Å². The Bertz CT molecular complexity index is 627. The normalized spacial score (nSPS) is 22.8. The Morgan fingerprint density at radius 1 is 1.24 bits per heavy atom. The van der Waals surface area contributed by atoms with E-state index in [2.05, 4.69) is 16.5 Å². The van der Waals surface area contributed by atoms with Crippen LogP contribution in [-0.2, 0) is 17.8 Å². The van der Waals surface area contributed by atoms with Gasteiger partial charge in [-0.15, -0.1) is 0 Å². The minimum absolute atomic E-state index is 0.0530. The molecule has 0 unspecified atom stereocenters. The molecule has 3 fully saturated rings. The van der Waals surface area contributed by atoms with Crippen molar-refractivity contribution in [2.45, 2.75) is 45.2 Å². The van der Waals surface area contributed by atoms with Crippen LogP contribution in [0.2, 0.25) is 0 Å². The molecule has 3 saturated heterocycles. The van der Waals surface area contributed by atoms with Gasteiger partial charge in [-0.2, -0.15) is 0 Å². The third-order valence-corrected chi connectivity index (χ3v) is 5.37. The van der Waals surface area contributed by atoms with E-state index in [0.717, 1.165) is 38.2 Å². The van der Waals surface area contributed by atoms with Crippen molar-refractivity contribution in [3.63, 3.8) is 0 Å². The molecule has 0 aliphatic carbocycles. The van der Waals surface area contributed by atoms with E-state index in [4.69, 9.17) is 0 Å². The van der Waals surface area contributed by atoms with Gasteiger partial charge in [0.25, 0.3) is 0 Å². The van der Waals surface area contributed by atoms with Crippen molar-refractivity contribution in [3.8, 4) is 0 Å². The maximum atomic E-state index is 12.8. The quantitative estimate of drug-likeness (QED) is 0.828. The Balaban J connectivity index is 1.63. The van der Waals surface area contributed by atoms with Crippen molar-refractivity contribution in [2.75, 3.05) is 33.7 Å². The molecular formula is C18H29N5O2. The summed E-state index contributed by atoms with van der Waals surface area (Å²) in [5.74, 6) is 1.61. The fourth-order valence-corrected chi connectivity index (χ4v) is 4.04. The Hall–Kier alpha value is -2.05. The first kappa shape index (κ1) is 17.8. The van der Waals surface area contributed by atoms with Crippen molar-refractivity contribution < 1.29 is 9.59 Å². The number of imidazole rings is 1. The predicted octanol–water partition coefficient (Wildman–Crippen LogP) is 1.44. The first-order valence-electron chi connectivity index (χ1n) is 9.25. The van der Waals surface area contributed by atoms with Crippen LogP contribution in [0, 0.1) is 5.92 Å². The van der Waals surface area contributed by atoms with E-state index in [-0.39, 0.29) is 18.0 Å². The molecule has 138 valence electrons. The first-order valence-corrected chi connectivity index (χ1v) is 9.25. The van der Waals surface area contributed by atoms with E-state index >= 15 is 0 Å². The summed E-state index contributed by atoms with van der Waals surface area (Å²) < 4.78 is 2.07. The lowest BCUT2D eigenvalue weighted by molar-refractivity contribution is -0.135. The van der Waals surface area contributed by atoms with E-state index < -0.39 is 0 Å². The average molecular weight is 347 g/mol. The predicted molar refractivity (Wildman–Crippen MR) is 95.1 cm³/mol. The van der Waals surface area contributed by atoms with Crippen molar-refractivity contribution in [1.29, 1.82) is 0 Å². The zero-order valence-corrected chi connectivity index (χ0v) is 15.5. The number of urea groups is 1. The van der Waals surface area contributed by atoms with E-state index in [1.165, 1.54) is 0 Å². The number of hydrogen-bond donors (Lipinski definition) is 0. The van der Waals surface area contributed by atoms with Crippen molar-refractivity contribution in [3.05, 3.63) is 18.2 Å². The van der Waals surface area contributed by atoms with Crippen LogP contribution < -0.4 is 0 Å². The maximum absolute atomic E-state index is 12.8. The highest BCUT2D eigenvalue weighted by atomic mass is 16.2. The highest BCUT2D eigenvalue weighted by Crippen LogP contribution is 2.29. The maximum Gasteiger partial charge on any atom is 0.319 e. The number of hydrogen-bond acceptors (Lipinski definition) is 3. The summed E-state index contributed by atoms with van der Waals surface area (Å²) in [5.41, 5.74) is 0. The Morgan fingerprint density at radius 2 is 2.04 bits per heavy atom. The Labute approximate surface area is 149 Å². The third-order valence-electron chi connectivity index (χ3n) is 5.37. The lowest BCUT2D eigenvalue weighted by Gasteiger charge is -2.36. The van der Waals surface area contributed by atoms with E-state index in [0.29, 0.717) is 25.4 Å². The molecule has 4 heterocycles. The van der Waals surface area contributed by atoms with Crippen LogP contribution in [0.4, 0.5) is 4.79 Å². The summed E-state index contributed by atoms with van der Waals surface area (Å²) in [6.07, 6.45) is 7.21. The third kappa shape index (κ3) is 3.80. The molecular weight excluding hydrogens is 318 g/mol. The molecule has 3 aliphatic rings. The summed E-state index contributed by atoms with van der Waals surface area (Å²) >= 11 is 0. The summed E-state index contributed by atoms with van der Waals surface area (Å²) in [6.45, 7) is 4.95. The Morgan fingerprint density at radius 3 is 2.76 bits per heavy atom. The number of fused-ring (bicyclic) bond motifs is 4. The molecule has 4 rings (SSSR count).